The van der Waals surface area contributed by atoms with Gasteiger partial charge in [-0.3, -0.25) is 25.0 Å². The Morgan fingerprint density at radius 2 is 1.90 bits per heavy atom. The summed E-state index contributed by atoms with van der Waals surface area (Å²) >= 11 is 6.44. The van der Waals surface area contributed by atoms with Crippen LogP contribution < -0.4 is 5.32 Å². The molecule has 0 spiro atoms. The predicted molar refractivity (Wildman–Crippen MR) is 134 cm³/mol. The molecule has 0 bridgehead atoms. The maximum absolute atomic E-state index is 12.3. The molecule has 7 heteroatoms. The van der Waals surface area contributed by atoms with E-state index in [1.54, 1.807) is 11.0 Å². The molecule has 0 aromatic heterocycles. The molecule has 0 radical (unpaired) electrons. The SMILES string of the molecule is C=CC(/N=C(/[C@H](C)NC(N=C)C(C)C)N(C=O)C1CCN(C)CC1)/C(C)=C(Cl)\C=C/C. The number of carbonyl (C=O) groups is 1. The first kappa shape index (κ1) is 27.3. The molecule has 1 amide bonds. The van der Waals surface area contributed by atoms with Crippen LogP contribution in [0.25, 0.3) is 0 Å². The molecule has 1 aliphatic rings. The van der Waals surface area contributed by atoms with E-state index in [-0.39, 0.29) is 30.2 Å². The highest BCUT2D eigenvalue weighted by atomic mass is 35.5. The molecule has 0 aromatic rings. The summed E-state index contributed by atoms with van der Waals surface area (Å²) in [5.74, 6) is 0.934. The topological polar surface area (TPSA) is 60.3 Å². The van der Waals surface area contributed by atoms with Gasteiger partial charge < -0.3 is 4.90 Å². The van der Waals surface area contributed by atoms with Crippen molar-refractivity contribution in [2.75, 3.05) is 20.1 Å². The molecule has 1 rings (SSSR count). The summed E-state index contributed by atoms with van der Waals surface area (Å²) in [6.07, 6.45) is 8.07. The lowest BCUT2D eigenvalue weighted by atomic mass is 10.0. The largest absolute Gasteiger partial charge is 0.306 e. The third-order valence-corrected chi connectivity index (χ3v) is 6.15. The minimum Gasteiger partial charge on any atom is -0.306 e. The molecule has 1 heterocycles. The van der Waals surface area contributed by atoms with Gasteiger partial charge in [-0.1, -0.05) is 37.6 Å². The average Bonchev–Trinajstić information content (AvgIpc) is 2.75. The van der Waals surface area contributed by atoms with Crippen molar-refractivity contribution in [3.05, 3.63) is 35.4 Å². The number of aliphatic imine (C=N–C) groups is 2. The summed E-state index contributed by atoms with van der Waals surface area (Å²) in [7, 11) is 2.11. The molecule has 3 atom stereocenters. The molecule has 0 aliphatic carbocycles. The molecule has 0 aromatic carbocycles. The van der Waals surface area contributed by atoms with Crippen LogP contribution in [0.2, 0.25) is 0 Å². The standard InChI is InChI=1S/C24H40ClN5O/c1-9-11-21(25)18(5)22(10-2)28-24(19(6)27-23(26-7)17(3)4)30(16-31)20-12-14-29(8)15-13-20/h9-11,16-17,19-20,22-23,27H,2,7,12-15H2,1,3-6,8H3/b11-9-,21-18+,28-24-/t19-,22?,23?/m0/s1. The van der Waals surface area contributed by atoms with Crippen molar-refractivity contribution in [3.8, 4) is 0 Å². The Morgan fingerprint density at radius 3 is 2.35 bits per heavy atom. The van der Waals surface area contributed by atoms with Gasteiger partial charge in [0.25, 0.3) is 0 Å². The van der Waals surface area contributed by atoms with Crippen LogP contribution in [0.3, 0.4) is 0 Å². The smallest absolute Gasteiger partial charge is 0.215 e. The number of nitrogens with zero attached hydrogens (tertiary/aromatic N) is 4. The number of amides is 1. The Kier molecular flexibility index (Phi) is 12.0. The molecule has 1 N–H and O–H groups in total. The van der Waals surface area contributed by atoms with Crippen LogP contribution in [0.5, 0.6) is 0 Å². The summed E-state index contributed by atoms with van der Waals surface area (Å²) in [6.45, 7) is 19.6. The zero-order valence-corrected chi connectivity index (χ0v) is 20.8. The summed E-state index contributed by atoms with van der Waals surface area (Å²) in [5, 5.41) is 4.11. The lowest BCUT2D eigenvalue weighted by Crippen LogP contribution is -2.54. The van der Waals surface area contributed by atoms with Gasteiger partial charge >= 0.3 is 0 Å². The summed E-state index contributed by atoms with van der Waals surface area (Å²) in [6, 6.07) is -0.448. The fourth-order valence-corrected chi connectivity index (χ4v) is 3.91. The van der Waals surface area contributed by atoms with E-state index in [1.807, 2.05) is 32.9 Å². The molecule has 1 fully saturated rings. The first-order valence-electron chi connectivity index (χ1n) is 11.0. The van der Waals surface area contributed by atoms with Gasteiger partial charge in [-0.15, -0.1) is 6.58 Å². The van der Waals surface area contributed by atoms with Crippen LogP contribution in [0.4, 0.5) is 0 Å². The maximum atomic E-state index is 12.3. The normalized spacial score (nSPS) is 20.3. The second-order valence-corrected chi connectivity index (χ2v) is 8.91. The van der Waals surface area contributed by atoms with Crippen LogP contribution in [0.1, 0.15) is 47.5 Å². The number of hydrogen-bond donors (Lipinski definition) is 1. The van der Waals surface area contributed by atoms with E-state index >= 15 is 0 Å². The number of rotatable bonds is 11. The van der Waals surface area contributed by atoms with Crippen molar-refractivity contribution in [1.82, 2.24) is 15.1 Å². The van der Waals surface area contributed by atoms with Gasteiger partial charge in [-0.2, -0.15) is 0 Å². The van der Waals surface area contributed by atoms with Crippen molar-refractivity contribution in [2.45, 2.75) is 71.8 Å². The van der Waals surface area contributed by atoms with Crippen LogP contribution >= 0.6 is 11.6 Å². The molecule has 1 aliphatic heterocycles. The lowest BCUT2D eigenvalue weighted by Gasteiger charge is -2.38. The van der Waals surface area contributed by atoms with Crippen molar-refractivity contribution < 1.29 is 4.79 Å². The van der Waals surface area contributed by atoms with Gasteiger partial charge in [0, 0.05) is 11.1 Å². The van der Waals surface area contributed by atoms with Crippen LogP contribution in [0.15, 0.2) is 45.4 Å². The average molecular weight is 450 g/mol. The van der Waals surface area contributed by atoms with Gasteiger partial charge in [0.1, 0.15) is 12.0 Å². The van der Waals surface area contributed by atoms with Crippen LogP contribution in [0, 0.1) is 5.92 Å². The van der Waals surface area contributed by atoms with Crippen molar-refractivity contribution >= 4 is 30.6 Å². The number of halogens is 1. The minimum atomic E-state index is -0.342. The molecule has 1 saturated heterocycles. The Hall–Kier alpha value is -1.76. The van der Waals surface area contributed by atoms with Gasteiger partial charge in [0.2, 0.25) is 6.41 Å². The van der Waals surface area contributed by atoms with E-state index < -0.39 is 0 Å². The van der Waals surface area contributed by atoms with E-state index in [1.165, 1.54) is 0 Å². The molecular weight excluding hydrogens is 410 g/mol. The van der Waals surface area contributed by atoms with Crippen LogP contribution in [-0.4, -0.2) is 73.2 Å². The molecule has 0 saturated carbocycles. The monoisotopic (exact) mass is 449 g/mol. The number of nitrogens with one attached hydrogen (secondary N) is 1. The van der Waals surface area contributed by atoms with Crippen molar-refractivity contribution in [1.29, 1.82) is 0 Å². The molecular formula is C24H40ClN5O. The Bertz CT molecular complexity index is 692. The highest BCUT2D eigenvalue weighted by Crippen LogP contribution is 2.21. The molecule has 31 heavy (non-hydrogen) atoms. The van der Waals surface area contributed by atoms with Crippen LogP contribution in [-0.2, 0) is 4.79 Å². The fourth-order valence-electron chi connectivity index (χ4n) is 3.68. The number of amidine groups is 1. The summed E-state index contributed by atoms with van der Waals surface area (Å²) in [5.41, 5.74) is 0.885. The Labute approximate surface area is 193 Å². The first-order valence-corrected chi connectivity index (χ1v) is 11.4. The quantitative estimate of drug-likeness (QED) is 0.169. The van der Waals surface area contributed by atoms with Gasteiger partial charge in [-0.05, 0) is 78.0 Å². The Balaban J connectivity index is 3.40. The number of allylic oxidation sites excluding steroid dienone is 3. The van der Waals surface area contributed by atoms with Gasteiger partial charge in [0.15, 0.2) is 0 Å². The highest BCUT2D eigenvalue weighted by molar-refractivity contribution is 6.31. The molecule has 174 valence electrons. The van der Waals surface area contributed by atoms with E-state index in [0.29, 0.717) is 10.9 Å². The third-order valence-electron chi connectivity index (χ3n) is 5.72. The number of hydrogen-bond acceptors (Lipinski definition) is 5. The highest BCUT2D eigenvalue weighted by Gasteiger charge is 2.30. The Morgan fingerprint density at radius 1 is 1.29 bits per heavy atom. The lowest BCUT2D eigenvalue weighted by molar-refractivity contribution is -0.117. The van der Waals surface area contributed by atoms with Crippen molar-refractivity contribution in [2.24, 2.45) is 15.9 Å². The minimum absolute atomic E-state index is 0.103. The number of piperidine rings is 1. The van der Waals surface area contributed by atoms with E-state index in [9.17, 15) is 4.79 Å². The number of carbonyl (C=O) groups excluding carboxylic acids is 1. The van der Waals surface area contributed by atoms with Gasteiger partial charge in [0.05, 0.1) is 12.1 Å². The van der Waals surface area contributed by atoms with E-state index in [4.69, 9.17) is 16.6 Å². The zero-order chi connectivity index (χ0) is 23.6. The predicted octanol–water partition coefficient (Wildman–Crippen LogP) is 4.24. The third kappa shape index (κ3) is 8.02. The zero-order valence-electron chi connectivity index (χ0n) is 20.0. The fraction of sp³-hybridized carbons (Fsp3) is 0.625. The second kappa shape index (κ2) is 13.6. The second-order valence-electron chi connectivity index (χ2n) is 8.51. The number of likely N-dealkylation sites (tertiary alicyclic amines) is 1. The van der Waals surface area contributed by atoms with Gasteiger partial charge in [-0.25, -0.2) is 0 Å². The molecule has 2 unspecified atom stereocenters. The van der Waals surface area contributed by atoms with E-state index in [2.05, 4.69) is 49.4 Å². The summed E-state index contributed by atoms with van der Waals surface area (Å²) in [4.78, 5) is 25.6. The first-order chi connectivity index (χ1) is 14.7. The molecule has 6 nitrogen and oxygen atoms in total. The maximum Gasteiger partial charge on any atom is 0.215 e. The van der Waals surface area contributed by atoms with E-state index in [0.717, 1.165) is 37.9 Å². The van der Waals surface area contributed by atoms with Crippen molar-refractivity contribution in [3.63, 3.8) is 0 Å². The summed E-state index contributed by atoms with van der Waals surface area (Å²) < 4.78 is 0.